The molecule has 0 aromatic heterocycles. The number of allylic oxidation sites excluding steroid dienone is 2. The smallest absolute Gasteiger partial charge is 0.242 e. The van der Waals surface area contributed by atoms with E-state index in [9.17, 15) is 18.8 Å². The maximum Gasteiger partial charge on any atom is 0.242 e. The molecule has 28 heavy (non-hydrogen) atoms. The number of amides is 3. The zero-order chi connectivity index (χ0) is 19.4. The van der Waals surface area contributed by atoms with Crippen LogP contribution in [0.25, 0.3) is 0 Å². The summed E-state index contributed by atoms with van der Waals surface area (Å²) >= 11 is 0. The number of fused-ring (bicyclic) bond motifs is 5. The van der Waals surface area contributed by atoms with Crippen molar-refractivity contribution in [3.8, 4) is 0 Å². The van der Waals surface area contributed by atoms with Crippen LogP contribution in [0.5, 0.6) is 0 Å². The zero-order valence-corrected chi connectivity index (χ0v) is 15.5. The summed E-state index contributed by atoms with van der Waals surface area (Å²) in [5, 5.41) is 0. The molecular formula is C21H22FN3O3. The highest BCUT2D eigenvalue weighted by molar-refractivity contribution is 6.08. The highest BCUT2D eigenvalue weighted by Gasteiger charge is 2.59. The summed E-state index contributed by atoms with van der Waals surface area (Å²) in [5.41, 5.74) is 0.537. The lowest BCUT2D eigenvalue weighted by Crippen LogP contribution is -2.52. The molecule has 0 unspecified atom stereocenters. The lowest BCUT2D eigenvalue weighted by molar-refractivity contribution is -0.147. The molecular weight excluding hydrogens is 361 g/mol. The third-order valence-electron chi connectivity index (χ3n) is 6.68. The van der Waals surface area contributed by atoms with E-state index in [0.29, 0.717) is 31.9 Å². The van der Waals surface area contributed by atoms with Gasteiger partial charge in [0.25, 0.3) is 0 Å². The van der Waals surface area contributed by atoms with Crippen molar-refractivity contribution in [3.63, 3.8) is 0 Å². The van der Waals surface area contributed by atoms with E-state index in [-0.39, 0.29) is 53.8 Å². The number of hydrogen-bond acceptors (Lipinski definition) is 4. The summed E-state index contributed by atoms with van der Waals surface area (Å²) in [6.07, 6.45) is 4.97. The van der Waals surface area contributed by atoms with Gasteiger partial charge >= 0.3 is 0 Å². The number of carbonyl (C=O) groups is 3. The Morgan fingerprint density at radius 2 is 1.57 bits per heavy atom. The van der Waals surface area contributed by atoms with Crippen molar-refractivity contribution in [2.45, 2.75) is 6.42 Å². The van der Waals surface area contributed by atoms with Gasteiger partial charge in [-0.15, -0.1) is 0 Å². The van der Waals surface area contributed by atoms with Crippen molar-refractivity contribution >= 4 is 23.4 Å². The summed E-state index contributed by atoms with van der Waals surface area (Å²) in [6.45, 7) is 1.76. The van der Waals surface area contributed by atoms with Gasteiger partial charge in [0.15, 0.2) is 0 Å². The third kappa shape index (κ3) is 2.56. The van der Waals surface area contributed by atoms with Gasteiger partial charge < -0.3 is 9.80 Å². The second-order valence-corrected chi connectivity index (χ2v) is 8.08. The van der Waals surface area contributed by atoms with Crippen LogP contribution in [-0.2, 0) is 14.4 Å². The lowest BCUT2D eigenvalue weighted by Gasteiger charge is -2.36. The largest absolute Gasteiger partial charge is 0.366 e. The second kappa shape index (κ2) is 6.43. The number of imide groups is 1. The minimum absolute atomic E-state index is 0.149. The minimum atomic E-state index is -0.273. The summed E-state index contributed by atoms with van der Waals surface area (Å²) in [6, 6.07) is 6.60. The molecule has 3 amide bonds. The first-order valence-electron chi connectivity index (χ1n) is 9.85. The van der Waals surface area contributed by atoms with Gasteiger partial charge in [0.1, 0.15) is 12.4 Å². The van der Waals surface area contributed by atoms with Crippen LogP contribution in [0.15, 0.2) is 36.4 Å². The Labute approximate surface area is 162 Å². The van der Waals surface area contributed by atoms with Crippen molar-refractivity contribution in [3.05, 3.63) is 42.2 Å². The van der Waals surface area contributed by atoms with E-state index in [1.807, 2.05) is 17.1 Å². The summed E-state index contributed by atoms with van der Waals surface area (Å²) in [4.78, 5) is 42.9. The van der Waals surface area contributed by atoms with Gasteiger partial charge in [-0.1, -0.05) is 24.3 Å². The molecule has 0 spiro atoms. The number of rotatable bonds is 3. The van der Waals surface area contributed by atoms with Crippen LogP contribution in [0, 0.1) is 29.5 Å². The van der Waals surface area contributed by atoms with E-state index in [1.54, 1.807) is 23.1 Å². The average molecular weight is 383 g/mol. The Bertz CT molecular complexity index is 847. The SMILES string of the molecule is O=C(CN1C(=O)[C@@H]2[C@@H](C1=O)[C@H]1C=C[C@H]2C1)N1CCN(c2ccccc2F)CC1. The van der Waals surface area contributed by atoms with E-state index in [0.717, 1.165) is 6.42 Å². The molecule has 1 saturated carbocycles. The first-order valence-corrected chi connectivity index (χ1v) is 9.85. The molecule has 3 fully saturated rings. The van der Waals surface area contributed by atoms with Crippen molar-refractivity contribution < 1.29 is 18.8 Å². The Morgan fingerprint density at radius 1 is 0.964 bits per heavy atom. The van der Waals surface area contributed by atoms with E-state index in [1.165, 1.54) is 11.0 Å². The number of nitrogens with zero attached hydrogens (tertiary/aromatic N) is 3. The molecule has 5 rings (SSSR count). The number of piperazine rings is 1. The molecule has 1 aromatic carbocycles. The van der Waals surface area contributed by atoms with Crippen LogP contribution in [-0.4, -0.2) is 60.2 Å². The van der Waals surface area contributed by atoms with Gasteiger partial charge in [-0.05, 0) is 30.4 Å². The van der Waals surface area contributed by atoms with Crippen molar-refractivity contribution in [1.82, 2.24) is 9.80 Å². The molecule has 2 aliphatic heterocycles. The Balaban J connectivity index is 1.21. The quantitative estimate of drug-likeness (QED) is 0.583. The van der Waals surface area contributed by atoms with Gasteiger partial charge in [0, 0.05) is 26.2 Å². The van der Waals surface area contributed by atoms with E-state index in [4.69, 9.17) is 0 Å². The van der Waals surface area contributed by atoms with E-state index >= 15 is 0 Å². The molecule has 4 atom stereocenters. The van der Waals surface area contributed by atoms with Gasteiger partial charge in [-0.2, -0.15) is 0 Å². The van der Waals surface area contributed by atoms with Crippen LogP contribution in [0.4, 0.5) is 10.1 Å². The topological polar surface area (TPSA) is 60.9 Å². The van der Waals surface area contributed by atoms with Crippen molar-refractivity contribution in [1.29, 1.82) is 0 Å². The molecule has 2 bridgehead atoms. The third-order valence-corrected chi connectivity index (χ3v) is 6.68. The Hall–Kier alpha value is -2.70. The molecule has 2 aliphatic carbocycles. The fraction of sp³-hybridized carbons (Fsp3) is 0.476. The molecule has 6 nitrogen and oxygen atoms in total. The fourth-order valence-electron chi connectivity index (χ4n) is 5.26. The lowest BCUT2D eigenvalue weighted by atomic mass is 9.85. The van der Waals surface area contributed by atoms with Crippen LogP contribution in [0.2, 0.25) is 0 Å². The maximum absolute atomic E-state index is 14.0. The Kier molecular flexibility index (Phi) is 4.00. The molecule has 2 saturated heterocycles. The monoisotopic (exact) mass is 383 g/mol. The van der Waals surface area contributed by atoms with E-state index < -0.39 is 0 Å². The Morgan fingerprint density at radius 3 is 2.18 bits per heavy atom. The number of carbonyl (C=O) groups excluding carboxylic acids is 3. The highest BCUT2D eigenvalue weighted by atomic mass is 19.1. The predicted octanol–water partition coefficient (Wildman–Crippen LogP) is 1.28. The van der Waals surface area contributed by atoms with Crippen LogP contribution in [0.1, 0.15) is 6.42 Å². The number of halogens is 1. The molecule has 2 heterocycles. The number of likely N-dealkylation sites (tertiary alicyclic amines) is 1. The van der Waals surface area contributed by atoms with Gasteiger partial charge in [-0.25, -0.2) is 4.39 Å². The second-order valence-electron chi connectivity index (χ2n) is 8.08. The predicted molar refractivity (Wildman–Crippen MR) is 99.6 cm³/mol. The number of benzene rings is 1. The van der Waals surface area contributed by atoms with Crippen LogP contribution in [0.3, 0.4) is 0 Å². The van der Waals surface area contributed by atoms with Crippen molar-refractivity contribution in [2.75, 3.05) is 37.6 Å². The molecule has 1 aromatic rings. The van der Waals surface area contributed by atoms with Crippen molar-refractivity contribution in [2.24, 2.45) is 23.7 Å². The van der Waals surface area contributed by atoms with Crippen LogP contribution < -0.4 is 4.90 Å². The minimum Gasteiger partial charge on any atom is -0.366 e. The number of anilines is 1. The highest BCUT2D eigenvalue weighted by Crippen LogP contribution is 2.52. The van der Waals surface area contributed by atoms with Crippen LogP contribution >= 0.6 is 0 Å². The first-order chi connectivity index (χ1) is 13.5. The van der Waals surface area contributed by atoms with Gasteiger partial charge in [0.05, 0.1) is 17.5 Å². The number of para-hydroxylation sites is 1. The summed E-state index contributed by atoms with van der Waals surface area (Å²) in [7, 11) is 0. The average Bonchev–Trinajstić information content (AvgIpc) is 3.38. The molecule has 0 radical (unpaired) electrons. The van der Waals surface area contributed by atoms with Gasteiger partial charge in [0.2, 0.25) is 17.7 Å². The molecule has 4 aliphatic rings. The van der Waals surface area contributed by atoms with Gasteiger partial charge in [-0.3, -0.25) is 19.3 Å². The molecule has 146 valence electrons. The summed E-state index contributed by atoms with van der Waals surface area (Å²) in [5.74, 6) is -1.11. The fourth-order valence-corrected chi connectivity index (χ4v) is 5.26. The van der Waals surface area contributed by atoms with E-state index in [2.05, 4.69) is 0 Å². The molecule has 7 heteroatoms. The zero-order valence-electron chi connectivity index (χ0n) is 15.5. The standard InChI is InChI=1S/C21H22FN3O3/c22-15-3-1-2-4-16(15)23-7-9-24(10-8-23)17(26)12-25-20(27)18-13-5-6-14(11-13)19(18)21(25)28/h1-6,13-14,18-19H,7-12H2/t13-,14-,18-,19-/m0/s1. The normalized spacial score (nSPS) is 31.1. The molecule has 0 N–H and O–H groups in total. The number of hydrogen-bond donors (Lipinski definition) is 0. The maximum atomic E-state index is 14.0. The summed E-state index contributed by atoms with van der Waals surface area (Å²) < 4.78 is 14.0. The first kappa shape index (κ1) is 17.4.